The second-order valence-corrected chi connectivity index (χ2v) is 6.49. The van der Waals surface area contributed by atoms with Gasteiger partial charge in [-0.05, 0) is 31.2 Å². The van der Waals surface area contributed by atoms with E-state index in [0.29, 0.717) is 11.5 Å². The van der Waals surface area contributed by atoms with Crippen molar-refractivity contribution in [2.75, 3.05) is 39.9 Å². The van der Waals surface area contributed by atoms with E-state index in [1.807, 2.05) is 0 Å². The fourth-order valence-corrected chi connectivity index (χ4v) is 3.73. The van der Waals surface area contributed by atoms with Gasteiger partial charge in [-0.3, -0.25) is 4.90 Å². The molecule has 0 amide bonds. The van der Waals surface area contributed by atoms with Gasteiger partial charge in [0.15, 0.2) is 0 Å². The van der Waals surface area contributed by atoms with E-state index in [0.717, 1.165) is 32.2 Å². The zero-order valence-electron chi connectivity index (χ0n) is 12.0. The zero-order chi connectivity index (χ0) is 13.2. The number of aliphatic hydroxyl groups is 1. The van der Waals surface area contributed by atoms with E-state index in [1.165, 1.54) is 12.8 Å². The van der Waals surface area contributed by atoms with Gasteiger partial charge in [-0.1, -0.05) is 13.8 Å². The zero-order valence-corrected chi connectivity index (χ0v) is 12.0. The summed E-state index contributed by atoms with van der Waals surface area (Å²) in [7, 11) is 2.08. The predicted molar refractivity (Wildman–Crippen MR) is 72.6 cm³/mol. The van der Waals surface area contributed by atoms with Crippen LogP contribution in [0.4, 0.5) is 0 Å². The van der Waals surface area contributed by atoms with Crippen LogP contribution in [-0.4, -0.2) is 62.0 Å². The van der Waals surface area contributed by atoms with Gasteiger partial charge in [0.2, 0.25) is 0 Å². The summed E-state index contributed by atoms with van der Waals surface area (Å²) >= 11 is 0. The first-order valence-corrected chi connectivity index (χ1v) is 7.19. The van der Waals surface area contributed by atoms with Gasteiger partial charge < -0.3 is 15.2 Å². The van der Waals surface area contributed by atoms with Crippen molar-refractivity contribution in [2.24, 2.45) is 11.3 Å². The Kier molecular flexibility index (Phi) is 4.64. The molecule has 3 unspecified atom stereocenters. The highest BCUT2D eigenvalue weighted by molar-refractivity contribution is 4.96. The molecule has 0 radical (unpaired) electrons. The van der Waals surface area contributed by atoms with Gasteiger partial charge in [-0.15, -0.1) is 0 Å². The van der Waals surface area contributed by atoms with Crippen molar-refractivity contribution in [1.29, 1.82) is 0 Å². The number of nitrogens with zero attached hydrogens (tertiary/aromatic N) is 1. The first-order valence-electron chi connectivity index (χ1n) is 7.19. The van der Waals surface area contributed by atoms with Crippen molar-refractivity contribution in [1.82, 2.24) is 10.2 Å². The average Bonchev–Trinajstić information content (AvgIpc) is 2.64. The third-order valence-corrected chi connectivity index (χ3v) is 4.70. The lowest BCUT2D eigenvalue weighted by atomic mass is 9.85. The summed E-state index contributed by atoms with van der Waals surface area (Å²) in [5.41, 5.74) is 0.405. The normalized spacial score (nSPS) is 37.0. The minimum Gasteiger partial charge on any atom is -0.394 e. The number of ether oxygens (including phenoxy) is 1. The summed E-state index contributed by atoms with van der Waals surface area (Å²) < 4.78 is 5.51. The van der Waals surface area contributed by atoms with Crippen LogP contribution in [0.3, 0.4) is 0 Å². The standard InChI is InChI=1S/C14H28N2O2/c1-14(2)5-4-11(13(14)15-3)8-16-6-7-18-12(9-16)10-17/h11-13,15,17H,4-10H2,1-3H3. The van der Waals surface area contributed by atoms with Gasteiger partial charge in [0, 0.05) is 25.7 Å². The number of rotatable bonds is 4. The van der Waals surface area contributed by atoms with Gasteiger partial charge in [-0.25, -0.2) is 0 Å². The summed E-state index contributed by atoms with van der Waals surface area (Å²) in [5.74, 6) is 0.724. The lowest BCUT2D eigenvalue weighted by Gasteiger charge is -2.37. The van der Waals surface area contributed by atoms with Crippen molar-refractivity contribution in [3.05, 3.63) is 0 Å². The Morgan fingerprint density at radius 1 is 1.44 bits per heavy atom. The lowest BCUT2D eigenvalue weighted by molar-refractivity contribution is -0.0570. The minimum atomic E-state index is 0.0150. The molecular formula is C14H28N2O2. The Hall–Kier alpha value is -0.160. The molecular weight excluding hydrogens is 228 g/mol. The van der Waals surface area contributed by atoms with Gasteiger partial charge >= 0.3 is 0 Å². The molecule has 2 fully saturated rings. The molecule has 1 aliphatic carbocycles. The van der Waals surface area contributed by atoms with E-state index >= 15 is 0 Å². The second kappa shape index (κ2) is 5.87. The van der Waals surface area contributed by atoms with E-state index in [1.54, 1.807) is 0 Å². The molecule has 0 spiro atoms. The predicted octanol–water partition coefficient (Wildman–Crippen LogP) is 0.704. The largest absolute Gasteiger partial charge is 0.394 e. The van der Waals surface area contributed by atoms with Crippen LogP contribution in [-0.2, 0) is 4.74 Å². The Morgan fingerprint density at radius 2 is 2.22 bits per heavy atom. The molecule has 18 heavy (non-hydrogen) atoms. The SMILES string of the molecule is CNC1C(CN2CCOC(CO)C2)CCC1(C)C. The summed E-state index contributed by atoms with van der Waals surface area (Å²) in [5, 5.41) is 12.7. The van der Waals surface area contributed by atoms with Crippen LogP contribution in [0, 0.1) is 11.3 Å². The first-order chi connectivity index (χ1) is 8.56. The Labute approximate surface area is 111 Å². The van der Waals surface area contributed by atoms with Crippen LogP contribution in [0.15, 0.2) is 0 Å². The molecule has 2 N–H and O–H groups in total. The molecule has 0 aromatic rings. The maximum Gasteiger partial charge on any atom is 0.0932 e. The van der Waals surface area contributed by atoms with Gasteiger partial charge in [0.25, 0.3) is 0 Å². The molecule has 1 heterocycles. The Morgan fingerprint density at radius 3 is 2.89 bits per heavy atom. The molecule has 4 nitrogen and oxygen atoms in total. The topological polar surface area (TPSA) is 44.7 Å². The number of hydrogen-bond acceptors (Lipinski definition) is 4. The van der Waals surface area contributed by atoms with E-state index in [-0.39, 0.29) is 12.7 Å². The average molecular weight is 256 g/mol. The van der Waals surface area contributed by atoms with E-state index in [2.05, 4.69) is 31.1 Å². The Bertz CT molecular complexity index is 271. The molecule has 2 rings (SSSR count). The van der Waals surface area contributed by atoms with Crippen LogP contribution in [0.5, 0.6) is 0 Å². The molecule has 1 saturated carbocycles. The van der Waals surface area contributed by atoms with Crippen LogP contribution < -0.4 is 5.32 Å². The van der Waals surface area contributed by atoms with Crippen molar-refractivity contribution in [3.63, 3.8) is 0 Å². The van der Waals surface area contributed by atoms with Gasteiger partial charge in [0.1, 0.15) is 0 Å². The third kappa shape index (κ3) is 3.05. The van der Waals surface area contributed by atoms with E-state index in [9.17, 15) is 5.11 Å². The highest BCUT2D eigenvalue weighted by Crippen LogP contribution is 2.41. The van der Waals surface area contributed by atoms with E-state index < -0.39 is 0 Å². The fourth-order valence-electron chi connectivity index (χ4n) is 3.73. The second-order valence-electron chi connectivity index (χ2n) is 6.49. The third-order valence-electron chi connectivity index (χ3n) is 4.70. The smallest absolute Gasteiger partial charge is 0.0932 e. The first kappa shape index (κ1) is 14.3. The highest BCUT2D eigenvalue weighted by atomic mass is 16.5. The molecule has 4 heteroatoms. The molecule has 0 bridgehead atoms. The summed E-state index contributed by atoms with van der Waals surface area (Å²) in [6, 6.07) is 0.605. The molecule has 106 valence electrons. The summed E-state index contributed by atoms with van der Waals surface area (Å²) in [4.78, 5) is 2.46. The minimum absolute atomic E-state index is 0.0150. The monoisotopic (exact) mass is 256 g/mol. The number of nitrogens with one attached hydrogen (secondary N) is 1. The van der Waals surface area contributed by atoms with Crippen LogP contribution >= 0.6 is 0 Å². The molecule has 0 aromatic carbocycles. The van der Waals surface area contributed by atoms with Crippen molar-refractivity contribution in [3.8, 4) is 0 Å². The fraction of sp³-hybridized carbons (Fsp3) is 1.00. The van der Waals surface area contributed by atoms with E-state index in [4.69, 9.17) is 4.74 Å². The van der Waals surface area contributed by atoms with Crippen molar-refractivity contribution < 1.29 is 9.84 Å². The van der Waals surface area contributed by atoms with Crippen LogP contribution in [0.1, 0.15) is 26.7 Å². The van der Waals surface area contributed by atoms with Crippen molar-refractivity contribution in [2.45, 2.75) is 38.8 Å². The number of aliphatic hydroxyl groups excluding tert-OH is 1. The molecule has 1 saturated heterocycles. The number of morpholine rings is 1. The Balaban J connectivity index is 1.89. The quantitative estimate of drug-likeness (QED) is 0.777. The van der Waals surface area contributed by atoms with Gasteiger partial charge in [-0.2, -0.15) is 0 Å². The summed E-state index contributed by atoms with van der Waals surface area (Å²) in [6.45, 7) is 8.64. The maximum absolute atomic E-state index is 9.19. The molecule has 0 aromatic heterocycles. The maximum atomic E-state index is 9.19. The summed E-state index contributed by atoms with van der Waals surface area (Å²) in [6.07, 6.45) is 2.62. The molecule has 2 aliphatic rings. The van der Waals surface area contributed by atoms with Crippen molar-refractivity contribution >= 4 is 0 Å². The van der Waals surface area contributed by atoms with Gasteiger partial charge in [0.05, 0.1) is 19.3 Å². The molecule has 1 aliphatic heterocycles. The van der Waals surface area contributed by atoms with Crippen LogP contribution in [0.2, 0.25) is 0 Å². The number of hydrogen-bond donors (Lipinski definition) is 2. The highest BCUT2D eigenvalue weighted by Gasteiger charge is 2.41. The molecule has 3 atom stereocenters. The lowest BCUT2D eigenvalue weighted by Crippen LogP contribution is -2.49. The van der Waals surface area contributed by atoms with Crippen LogP contribution in [0.25, 0.3) is 0 Å².